The summed E-state index contributed by atoms with van der Waals surface area (Å²) in [5, 5.41) is 2.11. The van der Waals surface area contributed by atoms with Crippen molar-refractivity contribution >= 4 is 17.2 Å². The van der Waals surface area contributed by atoms with E-state index in [4.69, 9.17) is 0 Å². The van der Waals surface area contributed by atoms with Crippen LogP contribution >= 0.6 is 11.3 Å². The number of carbonyl (C=O) groups is 1. The van der Waals surface area contributed by atoms with Gasteiger partial charge < -0.3 is 9.47 Å². The number of aromatic nitrogens is 1. The molecule has 0 aromatic carbocycles. The summed E-state index contributed by atoms with van der Waals surface area (Å²) < 4.78 is 1.88. The maximum atomic E-state index is 12.3. The van der Waals surface area contributed by atoms with Crippen molar-refractivity contribution in [3.05, 3.63) is 45.9 Å². The van der Waals surface area contributed by atoms with Gasteiger partial charge in [0.2, 0.25) is 0 Å². The highest BCUT2D eigenvalue weighted by Crippen LogP contribution is 2.24. The molecule has 1 aliphatic rings. The number of hydrogen-bond donors (Lipinski definition) is 0. The van der Waals surface area contributed by atoms with Crippen molar-refractivity contribution in [2.75, 3.05) is 6.54 Å². The summed E-state index contributed by atoms with van der Waals surface area (Å²) in [6, 6.07) is 5.92. The second kappa shape index (κ2) is 4.04. The molecule has 0 bridgehead atoms. The first kappa shape index (κ1) is 10.6. The summed E-state index contributed by atoms with van der Waals surface area (Å²) in [5.41, 5.74) is 2.08. The van der Waals surface area contributed by atoms with Gasteiger partial charge in [-0.25, -0.2) is 0 Å². The van der Waals surface area contributed by atoms with Gasteiger partial charge in [-0.2, -0.15) is 0 Å². The highest BCUT2D eigenvalue weighted by atomic mass is 32.1. The Hall–Kier alpha value is -1.55. The summed E-state index contributed by atoms with van der Waals surface area (Å²) in [4.78, 5) is 15.7. The molecule has 0 aliphatic carbocycles. The highest BCUT2D eigenvalue weighted by molar-refractivity contribution is 7.10. The van der Waals surface area contributed by atoms with Crippen LogP contribution in [-0.4, -0.2) is 21.9 Å². The molecule has 3 heterocycles. The molecule has 0 saturated heterocycles. The van der Waals surface area contributed by atoms with E-state index in [1.807, 2.05) is 34.8 Å². The second-order valence-corrected chi connectivity index (χ2v) is 5.35. The molecule has 3 nitrogen and oxygen atoms in total. The largest absolute Gasteiger partial charge is 0.347 e. The lowest BCUT2D eigenvalue weighted by Gasteiger charge is -2.27. The van der Waals surface area contributed by atoms with Gasteiger partial charge in [0.1, 0.15) is 5.69 Å². The number of fused-ring (bicyclic) bond motifs is 1. The lowest BCUT2D eigenvalue weighted by atomic mass is 10.1. The van der Waals surface area contributed by atoms with Crippen LogP contribution in [0.3, 0.4) is 0 Å². The molecule has 2 aromatic rings. The summed E-state index contributed by atoms with van der Waals surface area (Å²) in [6.45, 7) is 1.58. The molecule has 0 unspecified atom stereocenters. The van der Waals surface area contributed by atoms with E-state index >= 15 is 0 Å². The number of nitrogens with zero attached hydrogens (tertiary/aromatic N) is 2. The molecule has 0 saturated carbocycles. The Bertz CT molecular complexity index is 555. The van der Waals surface area contributed by atoms with Crippen molar-refractivity contribution in [1.82, 2.24) is 9.47 Å². The van der Waals surface area contributed by atoms with E-state index in [9.17, 15) is 4.79 Å². The molecule has 2 aromatic heterocycles. The molecule has 0 atom stereocenters. The fourth-order valence-corrected chi connectivity index (χ4v) is 3.16. The number of amides is 1. The number of aryl methyl sites for hydroxylation is 1. The lowest BCUT2D eigenvalue weighted by Crippen LogP contribution is -2.36. The van der Waals surface area contributed by atoms with Crippen LogP contribution in [-0.2, 0) is 20.0 Å². The first-order valence-electron chi connectivity index (χ1n) is 5.71. The molecule has 0 radical (unpaired) electrons. The number of hydrogen-bond acceptors (Lipinski definition) is 2. The fourth-order valence-electron chi connectivity index (χ4n) is 2.27. The topological polar surface area (TPSA) is 25.2 Å². The Morgan fingerprint density at radius 3 is 3.06 bits per heavy atom. The number of rotatable bonds is 1. The maximum absolute atomic E-state index is 12.3. The van der Waals surface area contributed by atoms with E-state index < -0.39 is 0 Å². The van der Waals surface area contributed by atoms with Crippen molar-refractivity contribution < 1.29 is 4.79 Å². The van der Waals surface area contributed by atoms with Crippen LogP contribution in [0.5, 0.6) is 0 Å². The molecule has 1 amide bonds. The molecule has 3 rings (SSSR count). The number of thiophene rings is 1. The van der Waals surface area contributed by atoms with Gasteiger partial charge in [0.25, 0.3) is 5.91 Å². The van der Waals surface area contributed by atoms with Gasteiger partial charge in [-0.3, -0.25) is 4.79 Å². The van der Waals surface area contributed by atoms with Crippen LogP contribution in [0, 0.1) is 0 Å². The van der Waals surface area contributed by atoms with Crippen LogP contribution in [0.15, 0.2) is 29.8 Å². The Morgan fingerprint density at radius 1 is 1.41 bits per heavy atom. The van der Waals surface area contributed by atoms with E-state index in [1.165, 1.54) is 10.4 Å². The SMILES string of the molecule is Cn1cccc1C(=O)N1CCc2sccc2C1. The van der Waals surface area contributed by atoms with Crippen molar-refractivity contribution in [1.29, 1.82) is 0 Å². The van der Waals surface area contributed by atoms with Crippen LogP contribution in [0.4, 0.5) is 0 Å². The Labute approximate surface area is 104 Å². The van der Waals surface area contributed by atoms with Gasteiger partial charge in [0, 0.05) is 31.2 Å². The fraction of sp³-hybridized carbons (Fsp3) is 0.308. The predicted molar refractivity (Wildman–Crippen MR) is 68.2 cm³/mol. The minimum atomic E-state index is 0.134. The third-order valence-corrected chi connectivity index (χ3v) is 4.28. The smallest absolute Gasteiger partial charge is 0.270 e. The second-order valence-electron chi connectivity index (χ2n) is 4.35. The van der Waals surface area contributed by atoms with Crippen molar-refractivity contribution in [3.63, 3.8) is 0 Å². The minimum Gasteiger partial charge on any atom is -0.347 e. The minimum absolute atomic E-state index is 0.134. The predicted octanol–water partition coefficient (Wildman–Crippen LogP) is 2.29. The first-order valence-corrected chi connectivity index (χ1v) is 6.59. The van der Waals surface area contributed by atoms with Gasteiger partial charge in [0.05, 0.1) is 0 Å². The Balaban J connectivity index is 1.84. The van der Waals surface area contributed by atoms with Gasteiger partial charge in [-0.15, -0.1) is 11.3 Å². The third kappa shape index (κ3) is 1.78. The van der Waals surface area contributed by atoms with E-state index in [-0.39, 0.29) is 5.91 Å². The summed E-state index contributed by atoms with van der Waals surface area (Å²) in [6.07, 6.45) is 2.90. The van der Waals surface area contributed by atoms with Gasteiger partial charge in [0.15, 0.2) is 0 Å². The molecule has 0 N–H and O–H groups in total. The van der Waals surface area contributed by atoms with E-state index in [1.54, 1.807) is 11.3 Å². The number of carbonyl (C=O) groups excluding carboxylic acids is 1. The van der Waals surface area contributed by atoms with Crippen LogP contribution in [0.1, 0.15) is 20.9 Å². The van der Waals surface area contributed by atoms with E-state index in [0.29, 0.717) is 0 Å². The van der Waals surface area contributed by atoms with E-state index in [2.05, 4.69) is 11.4 Å². The Kier molecular flexibility index (Phi) is 2.52. The summed E-state index contributed by atoms with van der Waals surface area (Å²) >= 11 is 1.80. The van der Waals surface area contributed by atoms with Crippen LogP contribution in [0.2, 0.25) is 0 Å². The van der Waals surface area contributed by atoms with Gasteiger partial charge in [-0.05, 0) is 35.6 Å². The normalized spacial score (nSPS) is 14.8. The zero-order valence-corrected chi connectivity index (χ0v) is 10.5. The maximum Gasteiger partial charge on any atom is 0.270 e. The Morgan fingerprint density at radius 2 is 2.29 bits per heavy atom. The van der Waals surface area contributed by atoms with Crippen molar-refractivity contribution in [2.45, 2.75) is 13.0 Å². The van der Waals surface area contributed by atoms with Gasteiger partial charge >= 0.3 is 0 Å². The van der Waals surface area contributed by atoms with Crippen LogP contribution < -0.4 is 0 Å². The van der Waals surface area contributed by atoms with Crippen molar-refractivity contribution in [2.24, 2.45) is 7.05 Å². The first-order chi connectivity index (χ1) is 8.25. The molecule has 17 heavy (non-hydrogen) atoms. The molecule has 88 valence electrons. The third-order valence-electron chi connectivity index (χ3n) is 3.26. The van der Waals surface area contributed by atoms with Crippen molar-refractivity contribution in [3.8, 4) is 0 Å². The van der Waals surface area contributed by atoms with Gasteiger partial charge in [-0.1, -0.05) is 0 Å². The lowest BCUT2D eigenvalue weighted by molar-refractivity contribution is 0.0726. The molecule has 0 spiro atoms. The molecule has 1 aliphatic heterocycles. The molecular formula is C13H14N2OS. The zero-order valence-electron chi connectivity index (χ0n) is 9.72. The quantitative estimate of drug-likeness (QED) is 0.758. The zero-order chi connectivity index (χ0) is 11.8. The standard InChI is InChI=1S/C13H14N2OS/c1-14-6-2-3-11(14)13(16)15-7-4-12-10(9-15)5-8-17-12/h2-3,5-6,8H,4,7,9H2,1H3. The average molecular weight is 246 g/mol. The average Bonchev–Trinajstić information content (AvgIpc) is 2.95. The molecule has 0 fully saturated rings. The molecule has 4 heteroatoms. The monoisotopic (exact) mass is 246 g/mol. The summed E-state index contributed by atoms with van der Waals surface area (Å²) in [5.74, 6) is 0.134. The highest BCUT2D eigenvalue weighted by Gasteiger charge is 2.23. The summed E-state index contributed by atoms with van der Waals surface area (Å²) in [7, 11) is 1.91. The van der Waals surface area contributed by atoms with Crippen LogP contribution in [0.25, 0.3) is 0 Å². The van der Waals surface area contributed by atoms with E-state index in [0.717, 1.165) is 25.2 Å². The molecular weight excluding hydrogens is 232 g/mol.